The van der Waals surface area contributed by atoms with Gasteiger partial charge >= 0.3 is 0 Å². The molecule has 3 heteroatoms. The Kier molecular flexibility index (Phi) is 4.26. The lowest BCUT2D eigenvalue weighted by Crippen LogP contribution is -2.32. The zero-order chi connectivity index (χ0) is 14.7. The monoisotopic (exact) mass is 299 g/mol. The number of hydrogen-bond acceptors (Lipinski definition) is 1. The van der Waals surface area contributed by atoms with Gasteiger partial charge < -0.3 is 5.32 Å². The number of hydrogen-bond donors (Lipinski definition) is 1. The molecule has 0 radical (unpaired) electrons. The lowest BCUT2D eigenvalue weighted by atomic mass is 9.87. The maximum Gasteiger partial charge on any atom is 0.224 e. The summed E-state index contributed by atoms with van der Waals surface area (Å²) in [4.78, 5) is 12.3. The Morgan fingerprint density at radius 2 is 1.90 bits per heavy atom. The smallest absolute Gasteiger partial charge is 0.224 e. The first kappa shape index (κ1) is 14.2. The molecule has 0 unspecified atom stereocenters. The zero-order valence-electron chi connectivity index (χ0n) is 11.8. The molecule has 1 N–H and O–H groups in total. The SMILES string of the molecule is O=C(Cc1ccccc1Cl)N[C@H]1CCCc2ccccc21. The number of fused-ring (bicyclic) bond motifs is 1. The van der Waals surface area contributed by atoms with E-state index in [1.54, 1.807) is 0 Å². The molecule has 2 nitrogen and oxygen atoms in total. The van der Waals surface area contributed by atoms with Gasteiger partial charge in [-0.25, -0.2) is 0 Å². The lowest BCUT2D eigenvalue weighted by Gasteiger charge is -2.26. The van der Waals surface area contributed by atoms with Gasteiger partial charge in [0.25, 0.3) is 0 Å². The Hall–Kier alpha value is -1.80. The third kappa shape index (κ3) is 3.27. The number of halogens is 1. The molecule has 0 heterocycles. The molecule has 0 saturated carbocycles. The average molecular weight is 300 g/mol. The molecular formula is C18H18ClNO. The number of rotatable bonds is 3. The average Bonchev–Trinajstić information content (AvgIpc) is 2.50. The molecule has 21 heavy (non-hydrogen) atoms. The van der Waals surface area contributed by atoms with Gasteiger partial charge in [-0.3, -0.25) is 4.79 Å². The molecule has 1 amide bonds. The van der Waals surface area contributed by atoms with Crippen LogP contribution < -0.4 is 5.32 Å². The van der Waals surface area contributed by atoms with Gasteiger partial charge in [0.05, 0.1) is 12.5 Å². The second-order valence-electron chi connectivity index (χ2n) is 5.48. The van der Waals surface area contributed by atoms with Crippen LogP contribution in [-0.4, -0.2) is 5.91 Å². The number of nitrogens with one attached hydrogen (secondary N) is 1. The fourth-order valence-corrected chi connectivity index (χ4v) is 3.17. The third-order valence-electron chi connectivity index (χ3n) is 4.01. The van der Waals surface area contributed by atoms with Crippen molar-refractivity contribution in [1.82, 2.24) is 5.32 Å². The highest BCUT2D eigenvalue weighted by Gasteiger charge is 2.21. The highest BCUT2D eigenvalue weighted by atomic mass is 35.5. The molecule has 0 saturated heterocycles. The van der Waals surface area contributed by atoms with Crippen LogP contribution in [0.2, 0.25) is 5.02 Å². The summed E-state index contributed by atoms with van der Waals surface area (Å²) in [5.74, 6) is 0.0322. The van der Waals surface area contributed by atoms with Crippen LogP contribution in [-0.2, 0) is 17.6 Å². The van der Waals surface area contributed by atoms with E-state index < -0.39 is 0 Å². The topological polar surface area (TPSA) is 29.1 Å². The summed E-state index contributed by atoms with van der Waals surface area (Å²) in [6, 6.07) is 16.0. The van der Waals surface area contributed by atoms with Crippen molar-refractivity contribution in [2.24, 2.45) is 0 Å². The minimum absolute atomic E-state index is 0.0322. The molecule has 2 aromatic carbocycles. The molecule has 0 aromatic heterocycles. The second kappa shape index (κ2) is 6.31. The van der Waals surface area contributed by atoms with Gasteiger partial charge in [-0.2, -0.15) is 0 Å². The Morgan fingerprint density at radius 1 is 1.14 bits per heavy atom. The van der Waals surface area contributed by atoms with Gasteiger partial charge in [-0.15, -0.1) is 0 Å². The van der Waals surface area contributed by atoms with E-state index in [2.05, 4.69) is 23.5 Å². The normalized spacial score (nSPS) is 17.1. The predicted octanol–water partition coefficient (Wildman–Crippen LogP) is 4.08. The summed E-state index contributed by atoms with van der Waals surface area (Å²) in [7, 11) is 0. The van der Waals surface area contributed by atoms with Crippen molar-refractivity contribution >= 4 is 17.5 Å². The van der Waals surface area contributed by atoms with Gasteiger partial charge in [-0.1, -0.05) is 54.1 Å². The van der Waals surface area contributed by atoms with Crippen molar-refractivity contribution < 1.29 is 4.79 Å². The van der Waals surface area contributed by atoms with E-state index in [-0.39, 0.29) is 11.9 Å². The summed E-state index contributed by atoms with van der Waals surface area (Å²) in [6.07, 6.45) is 3.56. The Bertz CT molecular complexity index is 653. The lowest BCUT2D eigenvalue weighted by molar-refractivity contribution is -0.121. The predicted molar refractivity (Wildman–Crippen MR) is 85.4 cm³/mol. The van der Waals surface area contributed by atoms with Crippen LogP contribution in [0.3, 0.4) is 0 Å². The molecule has 1 aliphatic carbocycles. The molecule has 0 fully saturated rings. The second-order valence-corrected chi connectivity index (χ2v) is 5.89. The zero-order valence-corrected chi connectivity index (χ0v) is 12.6. The van der Waals surface area contributed by atoms with Crippen LogP contribution in [0.15, 0.2) is 48.5 Å². The van der Waals surface area contributed by atoms with E-state index >= 15 is 0 Å². The van der Waals surface area contributed by atoms with E-state index in [4.69, 9.17) is 11.6 Å². The van der Waals surface area contributed by atoms with Crippen LogP contribution in [0, 0.1) is 0 Å². The Morgan fingerprint density at radius 3 is 2.76 bits per heavy atom. The molecule has 1 aliphatic rings. The first-order chi connectivity index (χ1) is 10.2. The molecule has 3 rings (SSSR count). The van der Waals surface area contributed by atoms with E-state index in [9.17, 15) is 4.79 Å². The Balaban J connectivity index is 1.70. The number of amides is 1. The van der Waals surface area contributed by atoms with E-state index in [1.165, 1.54) is 11.1 Å². The van der Waals surface area contributed by atoms with Crippen molar-refractivity contribution in [3.8, 4) is 0 Å². The molecule has 0 spiro atoms. The van der Waals surface area contributed by atoms with Crippen molar-refractivity contribution in [3.05, 3.63) is 70.2 Å². The first-order valence-corrected chi connectivity index (χ1v) is 7.72. The quantitative estimate of drug-likeness (QED) is 0.909. The minimum atomic E-state index is 0.0322. The van der Waals surface area contributed by atoms with Crippen LogP contribution >= 0.6 is 11.6 Å². The van der Waals surface area contributed by atoms with E-state index in [0.29, 0.717) is 11.4 Å². The summed E-state index contributed by atoms with van der Waals surface area (Å²) in [5.41, 5.74) is 3.49. The minimum Gasteiger partial charge on any atom is -0.349 e. The molecule has 0 bridgehead atoms. The Labute approximate surface area is 130 Å². The van der Waals surface area contributed by atoms with E-state index in [1.807, 2.05) is 30.3 Å². The number of aryl methyl sites for hydroxylation is 1. The maximum atomic E-state index is 12.3. The highest BCUT2D eigenvalue weighted by molar-refractivity contribution is 6.31. The van der Waals surface area contributed by atoms with Crippen LogP contribution in [0.1, 0.15) is 35.6 Å². The summed E-state index contributed by atoms with van der Waals surface area (Å²) < 4.78 is 0. The molecule has 0 aliphatic heterocycles. The van der Waals surface area contributed by atoms with Crippen LogP contribution in [0.25, 0.3) is 0 Å². The van der Waals surface area contributed by atoms with Crippen molar-refractivity contribution in [2.45, 2.75) is 31.7 Å². The molecular weight excluding hydrogens is 282 g/mol. The van der Waals surface area contributed by atoms with Crippen LogP contribution in [0.4, 0.5) is 0 Å². The molecule has 1 atom stereocenters. The van der Waals surface area contributed by atoms with Crippen molar-refractivity contribution in [2.75, 3.05) is 0 Å². The first-order valence-electron chi connectivity index (χ1n) is 7.34. The number of carbonyl (C=O) groups is 1. The van der Waals surface area contributed by atoms with Gasteiger partial charge in [-0.05, 0) is 42.0 Å². The fourth-order valence-electron chi connectivity index (χ4n) is 2.96. The largest absolute Gasteiger partial charge is 0.349 e. The standard InChI is InChI=1S/C18H18ClNO/c19-16-10-4-2-7-14(16)12-18(21)20-17-11-5-8-13-6-1-3-9-15(13)17/h1-4,6-7,9-10,17H,5,8,11-12H2,(H,20,21)/t17-/m0/s1. The summed E-state index contributed by atoms with van der Waals surface area (Å²) in [6.45, 7) is 0. The van der Waals surface area contributed by atoms with Crippen molar-refractivity contribution in [1.29, 1.82) is 0 Å². The molecule has 2 aromatic rings. The summed E-state index contributed by atoms with van der Waals surface area (Å²) in [5, 5.41) is 3.80. The summed E-state index contributed by atoms with van der Waals surface area (Å²) >= 11 is 6.11. The van der Waals surface area contributed by atoms with Gasteiger partial charge in [0.2, 0.25) is 5.91 Å². The third-order valence-corrected chi connectivity index (χ3v) is 4.38. The maximum absolute atomic E-state index is 12.3. The molecule has 108 valence electrons. The fraction of sp³-hybridized carbons (Fsp3) is 0.278. The van der Waals surface area contributed by atoms with E-state index in [0.717, 1.165) is 24.8 Å². The number of carbonyl (C=O) groups excluding carboxylic acids is 1. The highest BCUT2D eigenvalue weighted by Crippen LogP contribution is 2.29. The van der Waals surface area contributed by atoms with Gasteiger partial charge in [0, 0.05) is 5.02 Å². The van der Waals surface area contributed by atoms with Crippen LogP contribution in [0.5, 0.6) is 0 Å². The van der Waals surface area contributed by atoms with Gasteiger partial charge in [0.1, 0.15) is 0 Å². The number of benzene rings is 2. The van der Waals surface area contributed by atoms with Crippen molar-refractivity contribution in [3.63, 3.8) is 0 Å². The van der Waals surface area contributed by atoms with Gasteiger partial charge in [0.15, 0.2) is 0 Å².